The van der Waals surface area contributed by atoms with Crippen molar-refractivity contribution in [2.45, 2.75) is 32.6 Å². The molecule has 0 heterocycles. The van der Waals surface area contributed by atoms with Crippen LogP contribution < -0.4 is 5.73 Å². The molecule has 0 aromatic rings. The molecule has 0 aliphatic carbocycles. The minimum absolute atomic E-state index is 0.330. The van der Waals surface area contributed by atoms with E-state index in [1.165, 1.54) is 12.8 Å². The van der Waals surface area contributed by atoms with Crippen molar-refractivity contribution in [3.05, 3.63) is 0 Å². The molecule has 0 aliphatic rings. The first-order valence-corrected chi connectivity index (χ1v) is 4.77. The average molecular weight is 175 g/mol. The highest BCUT2D eigenvalue weighted by Crippen LogP contribution is 1.93. The van der Waals surface area contributed by atoms with Gasteiger partial charge in [0.2, 0.25) is 0 Å². The molecule has 0 rings (SSSR count). The first kappa shape index (κ1) is 11.9. The molecular formula is C9H21NO2. The first-order chi connectivity index (χ1) is 5.91. The predicted octanol–water partition coefficient (Wildman–Crippen LogP) is 1.52. The summed E-state index contributed by atoms with van der Waals surface area (Å²) in [4.78, 5) is 0. The molecule has 0 aromatic heterocycles. The van der Waals surface area contributed by atoms with Crippen LogP contribution in [0.15, 0.2) is 0 Å². The van der Waals surface area contributed by atoms with Gasteiger partial charge in [0.1, 0.15) is 0 Å². The van der Waals surface area contributed by atoms with E-state index in [0.29, 0.717) is 6.73 Å². The Kier molecular flexibility index (Phi) is 10.8. The second-order valence-corrected chi connectivity index (χ2v) is 2.75. The van der Waals surface area contributed by atoms with Gasteiger partial charge in [-0.05, 0) is 19.3 Å². The molecule has 0 atom stereocenters. The quantitative estimate of drug-likeness (QED) is 0.427. The fourth-order valence-electron chi connectivity index (χ4n) is 0.840. The second kappa shape index (κ2) is 10.9. The molecule has 3 heteroatoms. The summed E-state index contributed by atoms with van der Waals surface area (Å²) >= 11 is 0. The molecule has 0 aromatic carbocycles. The maximum absolute atomic E-state index is 5.37. The SMILES string of the molecule is CCCCOCCCCOCN. The molecule has 0 saturated carbocycles. The molecule has 0 fully saturated rings. The zero-order valence-electron chi connectivity index (χ0n) is 8.05. The fraction of sp³-hybridized carbons (Fsp3) is 1.00. The van der Waals surface area contributed by atoms with Crippen LogP contribution in [0.1, 0.15) is 32.6 Å². The van der Waals surface area contributed by atoms with Gasteiger partial charge < -0.3 is 15.2 Å². The topological polar surface area (TPSA) is 44.5 Å². The summed E-state index contributed by atoms with van der Waals surface area (Å²) in [5, 5.41) is 0. The van der Waals surface area contributed by atoms with Gasteiger partial charge in [-0.15, -0.1) is 0 Å². The van der Waals surface area contributed by atoms with Crippen LogP contribution >= 0.6 is 0 Å². The molecule has 0 bridgehead atoms. The molecule has 0 saturated heterocycles. The summed E-state index contributed by atoms with van der Waals surface area (Å²) < 4.78 is 10.4. The monoisotopic (exact) mass is 175 g/mol. The lowest BCUT2D eigenvalue weighted by atomic mass is 10.3. The Bertz CT molecular complexity index is 68.9. The van der Waals surface area contributed by atoms with Gasteiger partial charge in [-0.25, -0.2) is 0 Å². The molecule has 0 unspecified atom stereocenters. The van der Waals surface area contributed by atoms with E-state index in [9.17, 15) is 0 Å². The van der Waals surface area contributed by atoms with Crippen LogP contribution in [0.3, 0.4) is 0 Å². The molecular weight excluding hydrogens is 154 g/mol. The first-order valence-electron chi connectivity index (χ1n) is 4.77. The second-order valence-electron chi connectivity index (χ2n) is 2.75. The highest BCUT2D eigenvalue weighted by atomic mass is 16.5. The average Bonchev–Trinajstić information content (AvgIpc) is 2.10. The van der Waals surface area contributed by atoms with Crippen molar-refractivity contribution < 1.29 is 9.47 Å². The van der Waals surface area contributed by atoms with Crippen LogP contribution in [0, 0.1) is 0 Å². The maximum atomic E-state index is 5.37. The van der Waals surface area contributed by atoms with Crippen molar-refractivity contribution >= 4 is 0 Å². The minimum atomic E-state index is 0.330. The van der Waals surface area contributed by atoms with Gasteiger partial charge in [0, 0.05) is 19.8 Å². The van der Waals surface area contributed by atoms with Crippen molar-refractivity contribution in [3.63, 3.8) is 0 Å². The Morgan fingerprint density at radius 2 is 1.50 bits per heavy atom. The zero-order chi connectivity index (χ0) is 9.07. The van der Waals surface area contributed by atoms with E-state index in [1.54, 1.807) is 0 Å². The lowest BCUT2D eigenvalue weighted by Gasteiger charge is -2.02. The van der Waals surface area contributed by atoms with E-state index < -0.39 is 0 Å². The minimum Gasteiger partial charge on any atom is -0.381 e. The summed E-state index contributed by atoms with van der Waals surface area (Å²) in [6, 6.07) is 0. The van der Waals surface area contributed by atoms with Crippen LogP contribution in [0.4, 0.5) is 0 Å². The van der Waals surface area contributed by atoms with Gasteiger partial charge in [0.05, 0.1) is 6.73 Å². The van der Waals surface area contributed by atoms with E-state index in [1.807, 2.05) is 0 Å². The Hall–Kier alpha value is -0.120. The van der Waals surface area contributed by atoms with Crippen molar-refractivity contribution in [2.75, 3.05) is 26.6 Å². The molecule has 0 aliphatic heterocycles. The summed E-state index contributed by atoms with van der Waals surface area (Å²) in [5.41, 5.74) is 5.16. The number of hydrogen-bond acceptors (Lipinski definition) is 3. The fourth-order valence-corrected chi connectivity index (χ4v) is 0.840. The highest BCUT2D eigenvalue weighted by Gasteiger charge is 1.89. The number of hydrogen-bond donors (Lipinski definition) is 1. The van der Waals surface area contributed by atoms with Crippen LogP contribution in [0.2, 0.25) is 0 Å². The van der Waals surface area contributed by atoms with Gasteiger partial charge in [0.25, 0.3) is 0 Å². The van der Waals surface area contributed by atoms with Crippen LogP contribution in [0.25, 0.3) is 0 Å². The van der Waals surface area contributed by atoms with E-state index in [-0.39, 0.29) is 0 Å². The molecule has 0 amide bonds. The lowest BCUT2D eigenvalue weighted by Crippen LogP contribution is -2.06. The van der Waals surface area contributed by atoms with Crippen molar-refractivity contribution in [2.24, 2.45) is 5.73 Å². The van der Waals surface area contributed by atoms with Gasteiger partial charge >= 0.3 is 0 Å². The summed E-state index contributed by atoms with van der Waals surface area (Å²) in [7, 11) is 0. The normalized spacial score (nSPS) is 10.5. The Morgan fingerprint density at radius 1 is 0.917 bits per heavy atom. The van der Waals surface area contributed by atoms with Gasteiger partial charge in [0.15, 0.2) is 0 Å². The Balaban J connectivity index is 2.73. The smallest absolute Gasteiger partial charge is 0.0940 e. The molecule has 0 radical (unpaired) electrons. The Morgan fingerprint density at radius 3 is 2.08 bits per heavy atom. The third-order valence-electron chi connectivity index (χ3n) is 1.59. The summed E-state index contributed by atoms with van der Waals surface area (Å²) in [6.45, 7) is 5.00. The predicted molar refractivity (Wildman–Crippen MR) is 50.0 cm³/mol. The standard InChI is InChI=1S/C9H21NO2/c1-2-3-6-11-7-4-5-8-12-9-10/h2-10H2,1H3. The largest absolute Gasteiger partial charge is 0.381 e. The third kappa shape index (κ3) is 9.88. The van der Waals surface area contributed by atoms with Gasteiger partial charge in [-0.1, -0.05) is 13.3 Å². The molecule has 74 valence electrons. The van der Waals surface area contributed by atoms with E-state index >= 15 is 0 Å². The van der Waals surface area contributed by atoms with Crippen LogP contribution in [-0.2, 0) is 9.47 Å². The van der Waals surface area contributed by atoms with Gasteiger partial charge in [-0.3, -0.25) is 0 Å². The molecule has 0 spiro atoms. The number of rotatable bonds is 9. The van der Waals surface area contributed by atoms with E-state index in [0.717, 1.165) is 32.7 Å². The number of nitrogens with two attached hydrogens (primary N) is 1. The third-order valence-corrected chi connectivity index (χ3v) is 1.59. The zero-order valence-corrected chi connectivity index (χ0v) is 8.05. The maximum Gasteiger partial charge on any atom is 0.0940 e. The van der Waals surface area contributed by atoms with Crippen molar-refractivity contribution in [1.29, 1.82) is 0 Å². The molecule has 3 nitrogen and oxygen atoms in total. The highest BCUT2D eigenvalue weighted by molar-refractivity contribution is 4.38. The van der Waals surface area contributed by atoms with Gasteiger partial charge in [-0.2, -0.15) is 0 Å². The van der Waals surface area contributed by atoms with E-state index in [4.69, 9.17) is 15.2 Å². The van der Waals surface area contributed by atoms with E-state index in [2.05, 4.69) is 6.92 Å². The molecule has 12 heavy (non-hydrogen) atoms. The number of ether oxygens (including phenoxy) is 2. The summed E-state index contributed by atoms with van der Waals surface area (Å²) in [6.07, 6.45) is 4.49. The Labute approximate surface area is 75.2 Å². The van der Waals surface area contributed by atoms with Crippen molar-refractivity contribution in [3.8, 4) is 0 Å². The molecule has 2 N–H and O–H groups in total. The van der Waals surface area contributed by atoms with Crippen LogP contribution in [0.5, 0.6) is 0 Å². The number of unbranched alkanes of at least 4 members (excludes halogenated alkanes) is 2. The van der Waals surface area contributed by atoms with Crippen molar-refractivity contribution in [1.82, 2.24) is 0 Å². The lowest BCUT2D eigenvalue weighted by molar-refractivity contribution is 0.104. The van der Waals surface area contributed by atoms with Crippen LogP contribution in [-0.4, -0.2) is 26.6 Å². The summed E-state index contributed by atoms with van der Waals surface area (Å²) in [5.74, 6) is 0.